The summed E-state index contributed by atoms with van der Waals surface area (Å²) in [5, 5.41) is 7.03. The number of benzene rings is 1. The molecule has 0 radical (unpaired) electrons. The number of hydrogen-bond acceptors (Lipinski definition) is 3. The van der Waals surface area contributed by atoms with E-state index in [-0.39, 0.29) is 11.8 Å². The van der Waals surface area contributed by atoms with Crippen molar-refractivity contribution in [2.45, 2.75) is 26.2 Å². The fourth-order valence-electron chi connectivity index (χ4n) is 2.92. The predicted octanol–water partition coefficient (Wildman–Crippen LogP) is 2.23. The molecule has 1 N–H and O–H groups in total. The van der Waals surface area contributed by atoms with E-state index in [0.29, 0.717) is 11.4 Å². The SMILES string of the molecule is Cc1cc(C(=O)Nc2ccc3c(c2)C(C)(C)C(=O)N3C)nn1C. The zero-order valence-electron chi connectivity index (χ0n) is 14.0. The number of rotatable bonds is 2. The predicted molar refractivity (Wildman–Crippen MR) is 88.8 cm³/mol. The lowest BCUT2D eigenvalue weighted by molar-refractivity contribution is -0.121. The van der Waals surface area contributed by atoms with Gasteiger partial charge >= 0.3 is 0 Å². The highest BCUT2D eigenvalue weighted by atomic mass is 16.2. The lowest BCUT2D eigenvalue weighted by atomic mass is 9.86. The number of carbonyl (C=O) groups excluding carboxylic acids is 2. The fraction of sp³-hybridized carbons (Fsp3) is 0.353. The summed E-state index contributed by atoms with van der Waals surface area (Å²) >= 11 is 0. The van der Waals surface area contributed by atoms with Crippen molar-refractivity contribution in [1.82, 2.24) is 9.78 Å². The van der Waals surface area contributed by atoms with Crippen molar-refractivity contribution < 1.29 is 9.59 Å². The summed E-state index contributed by atoms with van der Waals surface area (Å²) in [5.41, 5.74) is 3.15. The van der Waals surface area contributed by atoms with Crippen molar-refractivity contribution in [1.29, 1.82) is 0 Å². The Morgan fingerprint density at radius 1 is 1.22 bits per heavy atom. The molecular weight excluding hydrogens is 292 g/mol. The van der Waals surface area contributed by atoms with Crippen LogP contribution in [-0.4, -0.2) is 28.6 Å². The first-order valence-corrected chi connectivity index (χ1v) is 7.46. The van der Waals surface area contributed by atoms with Gasteiger partial charge in [0.2, 0.25) is 5.91 Å². The van der Waals surface area contributed by atoms with Gasteiger partial charge in [0.1, 0.15) is 0 Å². The highest BCUT2D eigenvalue weighted by Gasteiger charge is 2.42. The van der Waals surface area contributed by atoms with Crippen LogP contribution in [0.4, 0.5) is 11.4 Å². The second kappa shape index (κ2) is 4.94. The van der Waals surface area contributed by atoms with Gasteiger partial charge in [-0.1, -0.05) is 0 Å². The van der Waals surface area contributed by atoms with E-state index in [1.165, 1.54) is 0 Å². The summed E-state index contributed by atoms with van der Waals surface area (Å²) < 4.78 is 1.66. The molecule has 0 unspecified atom stereocenters. The van der Waals surface area contributed by atoms with Gasteiger partial charge in [-0.15, -0.1) is 0 Å². The fourth-order valence-corrected chi connectivity index (χ4v) is 2.92. The molecular formula is C17H20N4O2. The van der Waals surface area contributed by atoms with Crippen molar-refractivity contribution in [2.75, 3.05) is 17.3 Å². The zero-order chi connectivity index (χ0) is 16.9. The molecule has 6 nitrogen and oxygen atoms in total. The Labute approximate surface area is 135 Å². The first-order chi connectivity index (χ1) is 10.7. The summed E-state index contributed by atoms with van der Waals surface area (Å²) in [5.74, 6) is -0.208. The van der Waals surface area contributed by atoms with E-state index >= 15 is 0 Å². The van der Waals surface area contributed by atoms with Gasteiger partial charge < -0.3 is 10.2 Å². The van der Waals surface area contributed by atoms with Crippen LogP contribution in [0.25, 0.3) is 0 Å². The molecule has 0 saturated heterocycles. The van der Waals surface area contributed by atoms with E-state index in [9.17, 15) is 9.59 Å². The Morgan fingerprint density at radius 2 is 1.91 bits per heavy atom. The highest BCUT2D eigenvalue weighted by Crippen LogP contribution is 2.41. The maximum atomic E-state index is 12.3. The molecule has 1 aliphatic heterocycles. The maximum absolute atomic E-state index is 12.3. The Balaban J connectivity index is 1.90. The van der Waals surface area contributed by atoms with E-state index in [2.05, 4.69) is 10.4 Å². The molecule has 2 amide bonds. The number of likely N-dealkylation sites (N-methyl/N-ethyl adjacent to an activating group) is 1. The molecule has 1 aromatic heterocycles. The monoisotopic (exact) mass is 312 g/mol. The third kappa shape index (κ3) is 2.30. The van der Waals surface area contributed by atoms with Crippen molar-refractivity contribution in [3.63, 3.8) is 0 Å². The molecule has 0 saturated carbocycles. The Hall–Kier alpha value is -2.63. The summed E-state index contributed by atoms with van der Waals surface area (Å²) in [4.78, 5) is 26.3. The number of anilines is 2. The molecule has 1 aromatic carbocycles. The van der Waals surface area contributed by atoms with Gasteiger partial charge in [0.15, 0.2) is 5.69 Å². The molecule has 0 atom stereocenters. The van der Waals surface area contributed by atoms with Crippen molar-refractivity contribution in [2.24, 2.45) is 7.05 Å². The average Bonchev–Trinajstić information content (AvgIpc) is 2.92. The molecule has 2 aromatic rings. The van der Waals surface area contributed by atoms with Crippen LogP contribution < -0.4 is 10.2 Å². The lowest BCUT2D eigenvalue weighted by Gasteiger charge is -2.16. The van der Waals surface area contributed by atoms with Gasteiger partial charge in [-0.25, -0.2) is 0 Å². The molecule has 0 bridgehead atoms. The van der Waals surface area contributed by atoms with Gasteiger partial charge in [0.25, 0.3) is 5.91 Å². The van der Waals surface area contributed by atoms with E-state index in [1.807, 2.05) is 32.9 Å². The first-order valence-electron chi connectivity index (χ1n) is 7.46. The van der Waals surface area contributed by atoms with Crippen LogP contribution in [0.2, 0.25) is 0 Å². The van der Waals surface area contributed by atoms with E-state index < -0.39 is 5.41 Å². The van der Waals surface area contributed by atoms with E-state index in [1.54, 1.807) is 35.8 Å². The smallest absolute Gasteiger partial charge is 0.276 e. The maximum Gasteiger partial charge on any atom is 0.276 e. The molecule has 0 fully saturated rings. The van der Waals surface area contributed by atoms with Crippen LogP contribution >= 0.6 is 0 Å². The topological polar surface area (TPSA) is 67.2 Å². The van der Waals surface area contributed by atoms with Gasteiger partial charge in [-0.05, 0) is 50.6 Å². The van der Waals surface area contributed by atoms with E-state index in [0.717, 1.165) is 16.9 Å². The number of nitrogens with one attached hydrogen (secondary N) is 1. The number of hydrogen-bond donors (Lipinski definition) is 1. The number of aryl methyl sites for hydroxylation is 2. The molecule has 23 heavy (non-hydrogen) atoms. The van der Waals surface area contributed by atoms with Gasteiger partial charge in [0, 0.05) is 31.2 Å². The quantitative estimate of drug-likeness (QED) is 0.924. The molecule has 0 aliphatic carbocycles. The van der Waals surface area contributed by atoms with Crippen LogP contribution in [0.1, 0.15) is 35.6 Å². The third-order valence-corrected chi connectivity index (χ3v) is 4.47. The first kappa shape index (κ1) is 15.3. The number of amides is 2. The second-order valence-corrected chi connectivity index (χ2v) is 6.47. The van der Waals surface area contributed by atoms with Crippen LogP contribution in [0.3, 0.4) is 0 Å². The van der Waals surface area contributed by atoms with Gasteiger partial charge in [-0.3, -0.25) is 14.3 Å². The Bertz CT molecular complexity index is 800. The minimum Gasteiger partial charge on any atom is -0.321 e. The van der Waals surface area contributed by atoms with Crippen molar-refractivity contribution >= 4 is 23.2 Å². The summed E-state index contributed by atoms with van der Waals surface area (Å²) in [6.07, 6.45) is 0. The average molecular weight is 312 g/mol. The van der Waals surface area contributed by atoms with E-state index in [4.69, 9.17) is 0 Å². The van der Waals surface area contributed by atoms with Crippen LogP contribution in [0.15, 0.2) is 24.3 Å². The minimum atomic E-state index is -0.591. The summed E-state index contributed by atoms with van der Waals surface area (Å²) in [6.45, 7) is 5.68. The minimum absolute atomic E-state index is 0.0522. The van der Waals surface area contributed by atoms with Crippen molar-refractivity contribution in [3.8, 4) is 0 Å². The molecule has 3 rings (SSSR count). The van der Waals surface area contributed by atoms with Crippen LogP contribution in [-0.2, 0) is 17.3 Å². The Morgan fingerprint density at radius 3 is 2.52 bits per heavy atom. The highest BCUT2D eigenvalue weighted by molar-refractivity contribution is 6.08. The number of aromatic nitrogens is 2. The second-order valence-electron chi connectivity index (χ2n) is 6.47. The molecule has 120 valence electrons. The number of carbonyl (C=O) groups is 2. The van der Waals surface area contributed by atoms with Gasteiger partial charge in [0.05, 0.1) is 5.41 Å². The third-order valence-electron chi connectivity index (χ3n) is 4.47. The Kier molecular flexibility index (Phi) is 3.28. The molecule has 2 heterocycles. The molecule has 6 heteroatoms. The normalized spacial score (nSPS) is 15.7. The summed E-state index contributed by atoms with van der Waals surface area (Å²) in [7, 11) is 3.57. The standard InChI is InChI=1S/C17H20N4O2/c1-10-8-13(19-21(10)5)15(22)18-11-6-7-14-12(9-11)17(2,3)16(23)20(14)4/h6-9H,1-5H3,(H,18,22). The lowest BCUT2D eigenvalue weighted by Crippen LogP contribution is -2.33. The largest absolute Gasteiger partial charge is 0.321 e. The zero-order valence-corrected chi connectivity index (χ0v) is 14.0. The van der Waals surface area contributed by atoms with Crippen LogP contribution in [0, 0.1) is 6.92 Å². The van der Waals surface area contributed by atoms with Gasteiger partial charge in [-0.2, -0.15) is 5.10 Å². The number of fused-ring (bicyclic) bond motifs is 1. The molecule has 0 spiro atoms. The van der Waals surface area contributed by atoms with Crippen molar-refractivity contribution in [3.05, 3.63) is 41.2 Å². The number of nitrogens with zero attached hydrogens (tertiary/aromatic N) is 3. The van der Waals surface area contributed by atoms with Crippen LogP contribution in [0.5, 0.6) is 0 Å². The molecule has 1 aliphatic rings. The summed E-state index contributed by atoms with van der Waals surface area (Å²) in [6, 6.07) is 7.27.